The van der Waals surface area contributed by atoms with Crippen LogP contribution >= 0.6 is 0 Å². The van der Waals surface area contributed by atoms with Gasteiger partial charge in [-0.15, -0.1) is 4.91 Å². The van der Waals surface area contributed by atoms with E-state index in [1.165, 1.54) is 14.2 Å². The molecule has 104 valence electrons. The van der Waals surface area contributed by atoms with Gasteiger partial charge < -0.3 is 19.5 Å². The van der Waals surface area contributed by atoms with Crippen molar-refractivity contribution in [1.29, 1.82) is 0 Å². The van der Waals surface area contributed by atoms with Gasteiger partial charge in [-0.2, -0.15) is 5.01 Å². The maximum Gasteiger partial charge on any atom is 0.340 e. The molecule has 1 fully saturated rings. The molecule has 1 saturated heterocycles. The predicted molar refractivity (Wildman–Crippen MR) is 62.6 cm³/mol. The summed E-state index contributed by atoms with van der Waals surface area (Å²) in [5, 5.41) is 5.89. The number of rotatable bonds is 4. The quantitative estimate of drug-likeness (QED) is 0.587. The number of hydrogen-bond donors (Lipinski definition) is 1. The molecular formula is C10H19N3O5. The number of ether oxygens (including phenoxy) is 3. The van der Waals surface area contributed by atoms with E-state index in [9.17, 15) is 9.70 Å². The average Bonchev–Trinajstić information content (AvgIpc) is 2.37. The van der Waals surface area contributed by atoms with E-state index in [-0.39, 0.29) is 18.2 Å². The van der Waals surface area contributed by atoms with Crippen LogP contribution in [0, 0.1) is 4.91 Å². The van der Waals surface area contributed by atoms with Gasteiger partial charge in [-0.1, -0.05) is 0 Å². The molecule has 0 spiro atoms. The van der Waals surface area contributed by atoms with Crippen molar-refractivity contribution in [2.45, 2.75) is 37.9 Å². The third-order valence-electron chi connectivity index (χ3n) is 2.93. The van der Waals surface area contributed by atoms with Crippen molar-refractivity contribution < 1.29 is 19.0 Å². The Balaban J connectivity index is 2.69. The summed E-state index contributed by atoms with van der Waals surface area (Å²) in [4.78, 5) is 21.8. The van der Waals surface area contributed by atoms with Crippen molar-refractivity contribution in [3.8, 4) is 0 Å². The van der Waals surface area contributed by atoms with Crippen molar-refractivity contribution in [1.82, 2.24) is 10.3 Å². The van der Waals surface area contributed by atoms with E-state index >= 15 is 0 Å². The molecule has 0 aromatic rings. The summed E-state index contributed by atoms with van der Waals surface area (Å²) in [7, 11) is 4.35. The van der Waals surface area contributed by atoms with Gasteiger partial charge >= 0.3 is 6.03 Å². The minimum atomic E-state index is -0.582. The minimum Gasteiger partial charge on any atom is -0.377 e. The van der Waals surface area contributed by atoms with Crippen LogP contribution in [-0.2, 0) is 14.2 Å². The largest absolute Gasteiger partial charge is 0.377 e. The lowest BCUT2D eigenvalue weighted by atomic mass is 9.99. The first-order valence-corrected chi connectivity index (χ1v) is 5.62. The van der Waals surface area contributed by atoms with Gasteiger partial charge in [0.25, 0.3) is 0 Å². The van der Waals surface area contributed by atoms with Gasteiger partial charge in [0.05, 0.1) is 17.4 Å². The molecule has 1 heterocycles. The fourth-order valence-electron chi connectivity index (χ4n) is 1.98. The maximum absolute atomic E-state index is 11.6. The number of hydrogen-bond acceptors (Lipinski definition) is 6. The molecule has 8 nitrogen and oxygen atoms in total. The second kappa shape index (κ2) is 6.62. The highest BCUT2D eigenvalue weighted by atomic mass is 16.7. The Morgan fingerprint density at radius 3 is 2.61 bits per heavy atom. The average molecular weight is 261 g/mol. The molecule has 0 aliphatic carbocycles. The fourth-order valence-corrected chi connectivity index (χ4v) is 1.98. The number of nitrogens with zero attached hydrogens (tertiary/aromatic N) is 2. The third-order valence-corrected chi connectivity index (χ3v) is 2.93. The molecule has 1 rings (SSSR count). The van der Waals surface area contributed by atoms with Gasteiger partial charge in [-0.3, -0.25) is 0 Å². The lowest BCUT2D eigenvalue weighted by Crippen LogP contribution is -2.57. The Labute approximate surface area is 105 Å². The van der Waals surface area contributed by atoms with Crippen molar-refractivity contribution in [3.63, 3.8) is 0 Å². The zero-order valence-electron chi connectivity index (χ0n) is 11.0. The Morgan fingerprint density at radius 1 is 1.44 bits per heavy atom. The summed E-state index contributed by atoms with van der Waals surface area (Å²) < 4.78 is 16.0. The van der Waals surface area contributed by atoms with Crippen LogP contribution in [0.1, 0.15) is 13.3 Å². The molecule has 4 atom stereocenters. The van der Waals surface area contributed by atoms with Crippen LogP contribution in [-0.4, -0.2) is 56.8 Å². The standard InChI is InChI=1S/C10H19N3O5/c1-6-9(17-4)7(5-8(16-3)18-6)11-10(14)13(2)12-15/h6-9H,5H2,1-4H3,(H,11,14)/t6-,7+,8+,9+/m1/s1. The third kappa shape index (κ3) is 3.37. The molecular weight excluding hydrogens is 242 g/mol. The Kier molecular flexibility index (Phi) is 5.45. The van der Waals surface area contributed by atoms with Crippen LogP contribution in [0.5, 0.6) is 0 Å². The van der Waals surface area contributed by atoms with Crippen LogP contribution in [0.4, 0.5) is 4.79 Å². The smallest absolute Gasteiger partial charge is 0.340 e. The van der Waals surface area contributed by atoms with E-state index in [0.717, 1.165) is 0 Å². The van der Waals surface area contributed by atoms with E-state index in [4.69, 9.17) is 14.2 Å². The second-order valence-electron chi connectivity index (χ2n) is 4.10. The van der Waals surface area contributed by atoms with Gasteiger partial charge in [-0.05, 0) is 6.92 Å². The lowest BCUT2D eigenvalue weighted by molar-refractivity contribution is -0.218. The molecule has 18 heavy (non-hydrogen) atoms. The van der Waals surface area contributed by atoms with Crippen molar-refractivity contribution in [3.05, 3.63) is 4.91 Å². The first-order valence-electron chi connectivity index (χ1n) is 5.62. The maximum atomic E-state index is 11.6. The van der Waals surface area contributed by atoms with Crippen molar-refractivity contribution in [2.24, 2.45) is 5.29 Å². The highest BCUT2D eigenvalue weighted by Gasteiger charge is 2.38. The molecule has 8 heteroatoms. The van der Waals surface area contributed by atoms with E-state index in [1.807, 2.05) is 6.92 Å². The molecule has 0 unspecified atom stereocenters. The number of nitroso groups, excluding NO2 is 1. The molecule has 0 aromatic carbocycles. The summed E-state index contributed by atoms with van der Waals surface area (Å²) in [5.41, 5.74) is 0. The highest BCUT2D eigenvalue weighted by molar-refractivity contribution is 5.73. The molecule has 2 amide bonds. The highest BCUT2D eigenvalue weighted by Crippen LogP contribution is 2.22. The Bertz CT molecular complexity index is 301. The van der Waals surface area contributed by atoms with Crippen LogP contribution in [0.25, 0.3) is 0 Å². The number of methoxy groups -OCH3 is 2. The van der Waals surface area contributed by atoms with E-state index in [0.29, 0.717) is 11.4 Å². The number of nitrogens with one attached hydrogen (secondary N) is 1. The summed E-state index contributed by atoms with van der Waals surface area (Å²) in [6.45, 7) is 1.83. The Hall–Kier alpha value is -1.25. The van der Waals surface area contributed by atoms with Crippen molar-refractivity contribution >= 4 is 6.03 Å². The van der Waals surface area contributed by atoms with Crippen LogP contribution in [0.15, 0.2) is 5.29 Å². The number of carbonyl (C=O) groups is 1. The van der Waals surface area contributed by atoms with Gasteiger partial charge in [0.1, 0.15) is 6.10 Å². The van der Waals surface area contributed by atoms with Gasteiger partial charge in [0.15, 0.2) is 6.29 Å². The topological polar surface area (TPSA) is 89.5 Å². The first-order chi connectivity index (χ1) is 8.53. The molecule has 1 aliphatic rings. The molecule has 0 bridgehead atoms. The molecule has 0 radical (unpaired) electrons. The number of urea groups is 1. The zero-order valence-corrected chi connectivity index (χ0v) is 11.0. The molecule has 1 N–H and O–H groups in total. The summed E-state index contributed by atoms with van der Waals surface area (Å²) >= 11 is 0. The van der Waals surface area contributed by atoms with E-state index in [1.54, 1.807) is 7.11 Å². The lowest BCUT2D eigenvalue weighted by Gasteiger charge is -2.39. The van der Waals surface area contributed by atoms with Gasteiger partial charge in [-0.25, -0.2) is 4.79 Å². The Morgan fingerprint density at radius 2 is 2.11 bits per heavy atom. The first kappa shape index (κ1) is 14.8. The number of carbonyl (C=O) groups excluding carboxylic acids is 1. The molecule has 1 aliphatic heterocycles. The molecule has 0 aromatic heterocycles. The summed E-state index contributed by atoms with van der Waals surface area (Å²) in [6, 6.07) is -0.888. The van der Waals surface area contributed by atoms with Crippen LogP contribution in [0.3, 0.4) is 0 Å². The van der Waals surface area contributed by atoms with Crippen LogP contribution in [0.2, 0.25) is 0 Å². The molecule has 0 saturated carbocycles. The normalized spacial score (nSPS) is 31.8. The summed E-state index contributed by atoms with van der Waals surface area (Å²) in [6.07, 6.45) is -0.502. The van der Waals surface area contributed by atoms with E-state index < -0.39 is 12.3 Å². The van der Waals surface area contributed by atoms with E-state index in [2.05, 4.69) is 10.6 Å². The number of amides is 2. The predicted octanol–water partition coefficient (Wildman–Crippen LogP) is 0.474. The van der Waals surface area contributed by atoms with Gasteiger partial charge in [0.2, 0.25) is 0 Å². The van der Waals surface area contributed by atoms with Crippen molar-refractivity contribution in [2.75, 3.05) is 21.3 Å². The fraction of sp³-hybridized carbons (Fsp3) is 0.900. The monoisotopic (exact) mass is 261 g/mol. The van der Waals surface area contributed by atoms with Crippen LogP contribution < -0.4 is 5.32 Å². The summed E-state index contributed by atoms with van der Waals surface area (Å²) in [5.74, 6) is 0. The zero-order chi connectivity index (χ0) is 13.7. The van der Waals surface area contributed by atoms with Gasteiger partial charge in [0, 0.05) is 27.7 Å². The SMILES string of the molecule is CO[C@@H]1C[C@H](NC(=O)N(C)N=O)[C@@H](OC)[C@@H](C)O1. The second-order valence-corrected chi connectivity index (χ2v) is 4.10. The minimum absolute atomic E-state index is 0.228.